The fraction of sp³-hybridized carbons (Fsp3) is 0.421. The molecule has 2 aromatic rings. The predicted molar refractivity (Wildman–Crippen MR) is 102 cm³/mol. The maximum Gasteiger partial charge on any atom is 0.257 e. The number of ether oxygens (including phenoxy) is 2. The molecule has 7 heteroatoms. The minimum atomic E-state index is -0.303. The van der Waals surface area contributed by atoms with Gasteiger partial charge in [0.05, 0.1) is 14.2 Å². The van der Waals surface area contributed by atoms with Crippen LogP contribution in [-0.4, -0.2) is 43.4 Å². The van der Waals surface area contributed by atoms with Crippen LogP contribution in [0, 0.1) is 0 Å². The average molecular weight is 358 g/mol. The van der Waals surface area contributed by atoms with Crippen LogP contribution in [0.25, 0.3) is 0 Å². The zero-order chi connectivity index (χ0) is 18.9. The minimum absolute atomic E-state index is 0.303. The van der Waals surface area contributed by atoms with Gasteiger partial charge in [0.15, 0.2) is 11.6 Å². The summed E-state index contributed by atoms with van der Waals surface area (Å²) in [7, 11) is 3.08. The van der Waals surface area contributed by atoms with E-state index in [1.54, 1.807) is 38.5 Å². The Balaban J connectivity index is 2.12. The van der Waals surface area contributed by atoms with Crippen LogP contribution < -0.4 is 19.7 Å². The Hall–Kier alpha value is -2.83. The normalized spacial score (nSPS) is 10.3. The van der Waals surface area contributed by atoms with Crippen molar-refractivity contribution in [3.8, 4) is 11.5 Å². The van der Waals surface area contributed by atoms with E-state index < -0.39 is 0 Å². The summed E-state index contributed by atoms with van der Waals surface area (Å²) in [6.45, 7) is 6.12. The van der Waals surface area contributed by atoms with Gasteiger partial charge in [0.25, 0.3) is 5.91 Å². The van der Waals surface area contributed by atoms with E-state index in [1.807, 2.05) is 6.07 Å². The molecule has 0 radical (unpaired) electrons. The number of rotatable bonds is 9. The van der Waals surface area contributed by atoms with E-state index in [9.17, 15) is 4.79 Å². The number of amides is 1. The highest BCUT2D eigenvalue weighted by Crippen LogP contribution is 2.23. The second-order valence-electron chi connectivity index (χ2n) is 5.82. The third-order valence-electron chi connectivity index (χ3n) is 3.82. The van der Waals surface area contributed by atoms with Gasteiger partial charge in [-0.2, -0.15) is 0 Å². The Morgan fingerprint density at radius 1 is 1.00 bits per heavy atom. The smallest absolute Gasteiger partial charge is 0.257 e. The number of anilines is 2. The van der Waals surface area contributed by atoms with Crippen molar-refractivity contribution in [2.45, 2.75) is 26.7 Å². The van der Waals surface area contributed by atoms with Crippen LogP contribution in [0.4, 0.5) is 11.6 Å². The predicted octanol–water partition coefficient (Wildman–Crippen LogP) is 3.37. The van der Waals surface area contributed by atoms with E-state index in [1.165, 1.54) is 0 Å². The molecule has 26 heavy (non-hydrogen) atoms. The first-order chi connectivity index (χ1) is 12.6. The Labute approximate surface area is 154 Å². The molecule has 1 heterocycles. The van der Waals surface area contributed by atoms with Crippen LogP contribution in [0.15, 0.2) is 30.3 Å². The largest absolute Gasteiger partial charge is 0.497 e. The van der Waals surface area contributed by atoms with E-state index in [2.05, 4.69) is 34.3 Å². The standard InChI is InChI=1S/C19H26N4O3/c1-5-9-23(10-6-2)18-8-7-17(21-22-18)20-19(24)14-11-15(25-3)13-16(12-14)26-4/h7-8,11-13H,5-6,9-10H2,1-4H3,(H,20,21,24). The molecular formula is C19H26N4O3. The van der Waals surface area contributed by atoms with Gasteiger partial charge in [0, 0.05) is 24.7 Å². The summed E-state index contributed by atoms with van der Waals surface area (Å²) in [6.07, 6.45) is 2.08. The molecule has 140 valence electrons. The lowest BCUT2D eigenvalue weighted by Gasteiger charge is -2.21. The summed E-state index contributed by atoms with van der Waals surface area (Å²) in [5.74, 6) is 2.00. The van der Waals surface area contributed by atoms with Crippen molar-refractivity contribution in [3.63, 3.8) is 0 Å². The highest BCUT2D eigenvalue weighted by Gasteiger charge is 2.12. The summed E-state index contributed by atoms with van der Waals surface area (Å²) in [5.41, 5.74) is 0.422. The topological polar surface area (TPSA) is 76.6 Å². The number of nitrogens with zero attached hydrogens (tertiary/aromatic N) is 3. The van der Waals surface area contributed by atoms with Gasteiger partial charge >= 0.3 is 0 Å². The molecule has 0 aliphatic carbocycles. The molecule has 1 aromatic heterocycles. The number of carbonyl (C=O) groups is 1. The molecule has 1 aromatic carbocycles. The van der Waals surface area contributed by atoms with Crippen LogP contribution >= 0.6 is 0 Å². The van der Waals surface area contributed by atoms with Crippen molar-refractivity contribution in [2.24, 2.45) is 0 Å². The second-order valence-corrected chi connectivity index (χ2v) is 5.82. The van der Waals surface area contributed by atoms with Crippen LogP contribution in [0.1, 0.15) is 37.0 Å². The third kappa shape index (κ3) is 5.08. The number of methoxy groups -OCH3 is 2. The molecule has 0 saturated heterocycles. The van der Waals surface area contributed by atoms with Gasteiger partial charge in [-0.15, -0.1) is 10.2 Å². The highest BCUT2D eigenvalue weighted by molar-refractivity contribution is 6.04. The first kappa shape index (κ1) is 19.5. The van der Waals surface area contributed by atoms with E-state index in [-0.39, 0.29) is 5.91 Å². The first-order valence-electron chi connectivity index (χ1n) is 8.74. The molecule has 0 aliphatic heterocycles. The fourth-order valence-corrected chi connectivity index (χ4v) is 2.57. The SMILES string of the molecule is CCCN(CCC)c1ccc(NC(=O)c2cc(OC)cc(OC)c2)nn1. The second kappa shape index (κ2) is 9.60. The average Bonchev–Trinajstić information content (AvgIpc) is 2.68. The molecule has 1 N–H and O–H groups in total. The molecule has 7 nitrogen and oxygen atoms in total. The molecule has 0 aliphatic rings. The van der Waals surface area contributed by atoms with Crippen molar-refractivity contribution < 1.29 is 14.3 Å². The molecular weight excluding hydrogens is 332 g/mol. The molecule has 0 atom stereocenters. The van der Waals surface area contributed by atoms with Crippen molar-refractivity contribution in [2.75, 3.05) is 37.5 Å². The lowest BCUT2D eigenvalue weighted by molar-refractivity contribution is 0.102. The minimum Gasteiger partial charge on any atom is -0.497 e. The Morgan fingerprint density at radius 3 is 2.08 bits per heavy atom. The van der Waals surface area contributed by atoms with E-state index >= 15 is 0 Å². The third-order valence-corrected chi connectivity index (χ3v) is 3.82. The van der Waals surface area contributed by atoms with Gasteiger partial charge < -0.3 is 19.7 Å². The molecule has 0 spiro atoms. The maximum absolute atomic E-state index is 12.5. The van der Waals surface area contributed by atoms with Crippen LogP contribution in [0.2, 0.25) is 0 Å². The Kier molecular flexibility index (Phi) is 7.20. The van der Waals surface area contributed by atoms with Gasteiger partial charge in [0.2, 0.25) is 0 Å². The molecule has 2 rings (SSSR count). The summed E-state index contributed by atoms with van der Waals surface area (Å²) in [6, 6.07) is 8.63. The maximum atomic E-state index is 12.5. The van der Waals surface area contributed by atoms with Crippen LogP contribution in [0.3, 0.4) is 0 Å². The van der Waals surface area contributed by atoms with Crippen molar-refractivity contribution in [1.82, 2.24) is 10.2 Å². The van der Waals surface area contributed by atoms with Crippen LogP contribution in [-0.2, 0) is 0 Å². The number of benzene rings is 1. The zero-order valence-corrected chi connectivity index (χ0v) is 15.8. The van der Waals surface area contributed by atoms with Gasteiger partial charge in [-0.1, -0.05) is 13.8 Å². The summed E-state index contributed by atoms with van der Waals surface area (Å²) in [4.78, 5) is 14.7. The highest BCUT2D eigenvalue weighted by atomic mass is 16.5. The number of hydrogen-bond acceptors (Lipinski definition) is 6. The number of nitrogens with one attached hydrogen (secondary N) is 1. The summed E-state index contributed by atoms with van der Waals surface area (Å²) >= 11 is 0. The quantitative estimate of drug-likeness (QED) is 0.741. The molecule has 0 fully saturated rings. The van der Waals surface area contributed by atoms with Gasteiger partial charge in [-0.05, 0) is 37.1 Å². The molecule has 0 unspecified atom stereocenters. The molecule has 1 amide bonds. The molecule has 0 saturated carbocycles. The summed E-state index contributed by atoms with van der Waals surface area (Å²) < 4.78 is 10.4. The Morgan fingerprint density at radius 2 is 1.62 bits per heavy atom. The van der Waals surface area contributed by atoms with Gasteiger partial charge in [0.1, 0.15) is 11.5 Å². The number of hydrogen-bond donors (Lipinski definition) is 1. The molecule has 0 bridgehead atoms. The summed E-state index contributed by atoms with van der Waals surface area (Å²) in [5, 5.41) is 11.1. The van der Waals surface area contributed by atoms with E-state index in [0.29, 0.717) is 22.9 Å². The number of carbonyl (C=O) groups excluding carboxylic acids is 1. The van der Waals surface area contributed by atoms with Crippen LogP contribution in [0.5, 0.6) is 11.5 Å². The monoisotopic (exact) mass is 358 g/mol. The van der Waals surface area contributed by atoms with E-state index in [0.717, 1.165) is 31.7 Å². The fourth-order valence-electron chi connectivity index (χ4n) is 2.57. The zero-order valence-electron chi connectivity index (χ0n) is 15.8. The van der Waals surface area contributed by atoms with Crippen molar-refractivity contribution >= 4 is 17.5 Å². The lowest BCUT2D eigenvalue weighted by atomic mass is 10.2. The van der Waals surface area contributed by atoms with Gasteiger partial charge in [-0.3, -0.25) is 4.79 Å². The Bertz CT molecular complexity index is 691. The lowest BCUT2D eigenvalue weighted by Crippen LogP contribution is -2.26. The number of aromatic nitrogens is 2. The first-order valence-corrected chi connectivity index (χ1v) is 8.74. The van der Waals surface area contributed by atoms with Crippen molar-refractivity contribution in [1.29, 1.82) is 0 Å². The van der Waals surface area contributed by atoms with E-state index in [4.69, 9.17) is 9.47 Å². The van der Waals surface area contributed by atoms with Gasteiger partial charge in [-0.25, -0.2) is 0 Å². The van der Waals surface area contributed by atoms with Crippen molar-refractivity contribution in [3.05, 3.63) is 35.9 Å².